The van der Waals surface area contributed by atoms with E-state index in [0.29, 0.717) is 0 Å². The van der Waals surface area contributed by atoms with Gasteiger partial charge in [-0.1, -0.05) is 72.5 Å². The molecule has 0 N–H and O–H groups in total. The van der Waals surface area contributed by atoms with Crippen molar-refractivity contribution in [2.45, 2.75) is 12.8 Å². The molecule has 0 saturated heterocycles. The molecule has 0 saturated carbocycles. The number of aromatic nitrogens is 5. The second-order valence-corrected chi connectivity index (χ2v) is 8.31. The fourth-order valence-electron chi connectivity index (χ4n) is 4.81. The first-order chi connectivity index (χ1) is 23.1. The van der Waals surface area contributed by atoms with E-state index in [2.05, 4.69) is 15.0 Å². The van der Waals surface area contributed by atoms with Crippen LogP contribution in [0.3, 0.4) is 0 Å². The molecule has 1 aliphatic rings. The third kappa shape index (κ3) is 2.56. The Morgan fingerprint density at radius 3 is 1.54 bits per heavy atom. The van der Waals surface area contributed by atoms with Gasteiger partial charge in [-0.15, -0.1) is 0 Å². The molecule has 8 rings (SSSR count). The number of para-hydroxylation sites is 4. The Balaban J connectivity index is 1.70. The van der Waals surface area contributed by atoms with Crippen molar-refractivity contribution >= 4 is 55.2 Å². The summed E-state index contributed by atoms with van der Waals surface area (Å²) in [5.74, 6) is -0.655. The monoisotopic (exact) mass is 485 g/mol. The highest BCUT2D eigenvalue weighted by Crippen LogP contribution is 2.37. The molecule has 3 aromatic heterocycles. The molecule has 4 heterocycles. The fourth-order valence-corrected chi connectivity index (χ4v) is 4.96. The summed E-state index contributed by atoms with van der Waals surface area (Å²) in [5, 5.41) is -0.806. The van der Waals surface area contributed by atoms with Gasteiger partial charge < -0.3 is 0 Å². The smallest absolute Gasteiger partial charge is 0.240 e. The SMILES string of the molecule is [2H]c1c([2H])c([2H])c2c(c1[2H])c1c([2H])c([2H])c([2H])c3c1n2-c1nc(Cl)nc(n1)-n1c2c([2H])c([2H])c([2H])c([2H])c2c2c([2H])c([2H])c([2H])c(c21)CC3. The van der Waals surface area contributed by atoms with Gasteiger partial charge in [-0.05, 0) is 47.7 Å². The Kier molecular flexibility index (Phi) is 2.01. The van der Waals surface area contributed by atoms with Crippen LogP contribution < -0.4 is 0 Å². The van der Waals surface area contributed by atoms with Crippen LogP contribution in [0.4, 0.5) is 0 Å². The molecule has 166 valence electrons. The highest BCUT2D eigenvalue weighted by Gasteiger charge is 2.23. The fraction of sp³-hybridized carbons (Fsp3) is 0.0690. The van der Waals surface area contributed by atoms with Crippen molar-refractivity contribution in [1.29, 1.82) is 0 Å². The molecule has 0 radical (unpaired) electrons. The van der Waals surface area contributed by atoms with Gasteiger partial charge in [-0.25, -0.2) is 0 Å². The summed E-state index contributed by atoms with van der Waals surface area (Å²) in [6.07, 6.45) is -0.295. The first-order valence-corrected chi connectivity index (χ1v) is 11.0. The Hall–Kier alpha value is -4.22. The molecule has 0 fully saturated rings. The van der Waals surface area contributed by atoms with E-state index >= 15 is 0 Å². The molecular weight excluding hydrogens is 454 g/mol. The Bertz CT molecular complexity index is 2560. The maximum atomic E-state index is 8.97. The Morgan fingerprint density at radius 2 is 1.03 bits per heavy atom. The van der Waals surface area contributed by atoms with Gasteiger partial charge in [0.25, 0.3) is 0 Å². The molecule has 0 spiro atoms. The number of fused-ring (bicyclic) bond motifs is 10. The molecule has 0 unspecified atom stereocenters. The first-order valence-electron chi connectivity index (χ1n) is 17.6. The van der Waals surface area contributed by atoms with Crippen molar-refractivity contribution < 1.29 is 19.2 Å². The number of benzene rings is 4. The maximum absolute atomic E-state index is 8.97. The average molecular weight is 486 g/mol. The lowest BCUT2D eigenvalue weighted by Gasteiger charge is -2.11. The zero-order valence-corrected chi connectivity index (χ0v) is 18.3. The van der Waals surface area contributed by atoms with Crippen LogP contribution in [0, 0.1) is 0 Å². The highest BCUT2D eigenvalue weighted by atomic mass is 35.5. The molecule has 2 bridgehead atoms. The van der Waals surface area contributed by atoms with Crippen LogP contribution in [-0.4, -0.2) is 24.1 Å². The summed E-state index contributed by atoms with van der Waals surface area (Å²) in [6, 6.07) is -7.24. The van der Waals surface area contributed by atoms with Crippen LogP contribution >= 0.6 is 11.6 Å². The molecule has 4 aromatic carbocycles. The Labute approximate surface area is 224 Å². The van der Waals surface area contributed by atoms with Gasteiger partial charge in [0.1, 0.15) is 0 Å². The lowest BCUT2D eigenvalue weighted by molar-refractivity contribution is 0.886. The van der Waals surface area contributed by atoms with E-state index in [0.717, 1.165) is 0 Å². The van der Waals surface area contributed by atoms with Crippen LogP contribution in [-0.2, 0) is 12.8 Å². The molecule has 0 aliphatic carbocycles. The summed E-state index contributed by atoms with van der Waals surface area (Å²) in [7, 11) is 0. The van der Waals surface area contributed by atoms with Crippen molar-refractivity contribution in [3.63, 3.8) is 0 Å². The standard InChI is InChI=1S/C29H18ClN5/c30-27-31-28-33-29(32-27)35-24-14-4-2-10-20(24)22-12-6-8-18(26(22)35)16-15-17-7-5-11-21-19-9-1-3-13-23(19)34(28)25(17)21/h1-14H,15-16H2/i1D,2D,3D,4D,5D,6D,7D,8D,9D,10D,11D,12D,13D,14D. The molecule has 1 aliphatic heterocycles. The van der Waals surface area contributed by atoms with Crippen molar-refractivity contribution in [2.24, 2.45) is 0 Å². The zero-order chi connectivity index (χ0) is 35.3. The van der Waals surface area contributed by atoms with E-state index < -0.39 is 89.9 Å². The first kappa shape index (κ1) is 10.2. The second kappa shape index (κ2) is 6.90. The second-order valence-electron chi connectivity index (χ2n) is 7.98. The molecule has 7 aromatic rings. The van der Waals surface area contributed by atoms with Crippen LogP contribution in [0.25, 0.3) is 55.5 Å². The van der Waals surface area contributed by atoms with Crippen LogP contribution in [0.5, 0.6) is 0 Å². The summed E-state index contributed by atoms with van der Waals surface area (Å²) < 4.78 is 124. The van der Waals surface area contributed by atoms with Crippen molar-refractivity contribution in [3.8, 4) is 11.9 Å². The van der Waals surface area contributed by atoms with E-state index in [1.165, 1.54) is 9.13 Å². The molecule has 35 heavy (non-hydrogen) atoms. The van der Waals surface area contributed by atoms with E-state index in [-0.39, 0.29) is 79.5 Å². The van der Waals surface area contributed by atoms with E-state index in [1.54, 1.807) is 0 Å². The van der Waals surface area contributed by atoms with Crippen LogP contribution in [0.2, 0.25) is 5.28 Å². The van der Waals surface area contributed by atoms with E-state index in [1.807, 2.05) is 0 Å². The predicted octanol–water partition coefficient (Wildman–Crippen LogP) is 6.82. The van der Waals surface area contributed by atoms with Crippen molar-refractivity contribution in [2.75, 3.05) is 0 Å². The zero-order valence-electron chi connectivity index (χ0n) is 31.5. The van der Waals surface area contributed by atoms with Gasteiger partial charge in [-0.2, -0.15) is 15.0 Å². The summed E-state index contributed by atoms with van der Waals surface area (Å²) >= 11 is 6.52. The number of aryl methyl sites for hydroxylation is 2. The van der Waals surface area contributed by atoms with Crippen LogP contribution in [0.15, 0.2) is 84.6 Å². The molecule has 6 heteroatoms. The van der Waals surface area contributed by atoms with Crippen LogP contribution in [0.1, 0.15) is 30.3 Å². The minimum atomic E-state index is -0.608. The number of rotatable bonds is 0. The largest absolute Gasteiger partial charge is 0.277 e. The predicted molar refractivity (Wildman–Crippen MR) is 141 cm³/mol. The molecule has 0 amide bonds. The maximum Gasteiger partial charge on any atom is 0.240 e. The van der Waals surface area contributed by atoms with Gasteiger partial charge in [0.15, 0.2) is 0 Å². The molecule has 5 nitrogen and oxygen atoms in total. The normalized spacial score (nSPS) is 18.7. The number of nitrogens with zero attached hydrogens (tertiary/aromatic N) is 5. The summed E-state index contributed by atoms with van der Waals surface area (Å²) in [5.41, 5.74) is -0.0671. The van der Waals surface area contributed by atoms with Crippen molar-refractivity contribution in [3.05, 3.63) is 101 Å². The van der Waals surface area contributed by atoms with Gasteiger partial charge in [0.05, 0.1) is 41.3 Å². The third-order valence-electron chi connectivity index (χ3n) is 6.19. The number of halogens is 1. The molecular formula is C29H18ClN5. The quantitative estimate of drug-likeness (QED) is 0.237. The van der Waals surface area contributed by atoms with Crippen molar-refractivity contribution in [1.82, 2.24) is 24.1 Å². The summed E-state index contributed by atoms with van der Waals surface area (Å²) in [6.45, 7) is 0. The van der Waals surface area contributed by atoms with Gasteiger partial charge in [0.2, 0.25) is 17.2 Å². The lowest BCUT2D eigenvalue weighted by Crippen LogP contribution is -2.09. The van der Waals surface area contributed by atoms with Gasteiger partial charge in [0, 0.05) is 21.5 Å². The Morgan fingerprint density at radius 1 is 0.571 bits per heavy atom. The topological polar surface area (TPSA) is 48.5 Å². The van der Waals surface area contributed by atoms with Gasteiger partial charge in [-0.3, -0.25) is 9.13 Å². The van der Waals surface area contributed by atoms with E-state index in [4.69, 9.17) is 30.8 Å². The highest BCUT2D eigenvalue weighted by molar-refractivity contribution is 6.28. The number of hydrogen-bond acceptors (Lipinski definition) is 3. The van der Waals surface area contributed by atoms with Gasteiger partial charge >= 0.3 is 0 Å². The minimum Gasteiger partial charge on any atom is -0.277 e. The van der Waals surface area contributed by atoms with E-state index in [9.17, 15) is 0 Å². The minimum absolute atomic E-state index is 0.0329. The third-order valence-corrected chi connectivity index (χ3v) is 6.36. The lowest BCUT2D eigenvalue weighted by atomic mass is 10.00. The summed E-state index contributed by atoms with van der Waals surface area (Å²) in [4.78, 5) is 13.2. The molecule has 0 atom stereocenters. The average Bonchev–Trinajstić information content (AvgIpc) is 3.61. The number of hydrogen-bond donors (Lipinski definition) is 0.